The lowest BCUT2D eigenvalue weighted by molar-refractivity contribution is -0.126. The minimum atomic E-state index is -0.333. The van der Waals surface area contributed by atoms with E-state index in [9.17, 15) is 9.18 Å². The van der Waals surface area contributed by atoms with Gasteiger partial charge in [-0.05, 0) is 48.9 Å². The molecular formula is C24H23FN2O2. The van der Waals surface area contributed by atoms with Crippen molar-refractivity contribution in [2.24, 2.45) is 0 Å². The number of carbonyl (C=O) groups is 1. The molecule has 2 heterocycles. The van der Waals surface area contributed by atoms with Crippen LogP contribution in [0.15, 0.2) is 71.2 Å². The third-order valence-electron chi connectivity index (χ3n) is 5.20. The van der Waals surface area contributed by atoms with Gasteiger partial charge in [-0.1, -0.05) is 30.3 Å². The van der Waals surface area contributed by atoms with E-state index in [0.29, 0.717) is 30.2 Å². The summed E-state index contributed by atoms with van der Waals surface area (Å²) >= 11 is 0. The number of benzene rings is 2. The molecule has 29 heavy (non-hydrogen) atoms. The lowest BCUT2D eigenvalue weighted by Crippen LogP contribution is -2.48. The first kappa shape index (κ1) is 19.0. The molecule has 1 aromatic heterocycles. The maximum atomic E-state index is 13.9. The molecule has 1 aliphatic rings. The van der Waals surface area contributed by atoms with E-state index >= 15 is 0 Å². The predicted octanol–water partition coefficient (Wildman–Crippen LogP) is 4.76. The highest BCUT2D eigenvalue weighted by Crippen LogP contribution is 2.25. The number of hydrogen-bond acceptors (Lipinski definition) is 3. The van der Waals surface area contributed by atoms with E-state index in [1.165, 1.54) is 23.4 Å². The summed E-state index contributed by atoms with van der Waals surface area (Å²) in [6, 6.07) is 18.2. The first-order chi connectivity index (χ1) is 14.1. The molecule has 3 aromatic rings. The Bertz CT molecular complexity index is 1030. The quantitative estimate of drug-likeness (QED) is 0.603. The second-order valence-corrected chi connectivity index (χ2v) is 7.11. The highest BCUT2D eigenvalue weighted by Gasteiger charge is 2.20. The van der Waals surface area contributed by atoms with E-state index in [0.717, 1.165) is 13.1 Å². The van der Waals surface area contributed by atoms with Gasteiger partial charge in [-0.3, -0.25) is 4.79 Å². The fourth-order valence-electron chi connectivity index (χ4n) is 3.59. The van der Waals surface area contributed by atoms with Gasteiger partial charge in [0.25, 0.3) is 0 Å². The van der Waals surface area contributed by atoms with E-state index < -0.39 is 0 Å². The molecule has 0 atom stereocenters. The van der Waals surface area contributed by atoms with Gasteiger partial charge in [0.2, 0.25) is 5.91 Å². The molecule has 4 nitrogen and oxygen atoms in total. The number of anilines is 1. The maximum absolute atomic E-state index is 13.9. The minimum Gasteiger partial charge on any atom is -0.457 e. The average Bonchev–Trinajstić information content (AvgIpc) is 3.22. The number of aryl methyl sites for hydroxylation is 1. The van der Waals surface area contributed by atoms with Crippen LogP contribution in [0.1, 0.15) is 11.3 Å². The fourth-order valence-corrected chi connectivity index (χ4v) is 3.59. The minimum absolute atomic E-state index is 0.0433. The average molecular weight is 390 g/mol. The highest BCUT2D eigenvalue weighted by molar-refractivity contribution is 5.91. The van der Waals surface area contributed by atoms with Crippen LogP contribution < -0.4 is 4.90 Å². The standard InChI is InChI=1S/C24H23FN2O2/c1-18-6-2-5-9-22(18)26-14-16-27(17-15-26)24(28)13-11-19-10-12-23(29-19)20-7-3-4-8-21(20)25/h2-13H,14-17H2,1H3/b13-11+. The monoisotopic (exact) mass is 390 g/mol. The summed E-state index contributed by atoms with van der Waals surface area (Å²) < 4.78 is 19.5. The van der Waals surface area contributed by atoms with Crippen LogP contribution in [0.2, 0.25) is 0 Å². The Morgan fingerprint density at radius 3 is 2.45 bits per heavy atom. The second-order valence-electron chi connectivity index (χ2n) is 7.11. The molecule has 0 N–H and O–H groups in total. The third kappa shape index (κ3) is 4.24. The van der Waals surface area contributed by atoms with Gasteiger partial charge in [-0.15, -0.1) is 0 Å². The summed E-state index contributed by atoms with van der Waals surface area (Å²) in [5, 5.41) is 0. The Labute approximate surface area is 169 Å². The van der Waals surface area contributed by atoms with Crippen LogP contribution >= 0.6 is 0 Å². The first-order valence-corrected chi connectivity index (χ1v) is 9.74. The summed E-state index contributed by atoms with van der Waals surface area (Å²) in [6.45, 7) is 5.08. The molecule has 5 heteroatoms. The van der Waals surface area contributed by atoms with Gasteiger partial charge in [0, 0.05) is 37.9 Å². The number of piperazine rings is 1. The van der Waals surface area contributed by atoms with Crippen molar-refractivity contribution in [3.63, 3.8) is 0 Å². The molecule has 4 rings (SSSR count). The summed E-state index contributed by atoms with van der Waals surface area (Å²) in [7, 11) is 0. The lowest BCUT2D eigenvalue weighted by Gasteiger charge is -2.36. The van der Waals surface area contributed by atoms with Crippen LogP contribution in [-0.2, 0) is 4.79 Å². The Morgan fingerprint density at radius 2 is 1.69 bits per heavy atom. The van der Waals surface area contributed by atoms with E-state index in [1.807, 2.05) is 17.0 Å². The van der Waals surface area contributed by atoms with Gasteiger partial charge in [0.05, 0.1) is 5.56 Å². The largest absolute Gasteiger partial charge is 0.457 e. The molecule has 1 aliphatic heterocycles. The molecule has 148 valence electrons. The van der Waals surface area contributed by atoms with Crippen molar-refractivity contribution in [3.8, 4) is 11.3 Å². The molecule has 0 unspecified atom stereocenters. The number of halogens is 1. The smallest absolute Gasteiger partial charge is 0.246 e. The van der Waals surface area contributed by atoms with Crippen molar-refractivity contribution in [1.82, 2.24) is 4.90 Å². The number of para-hydroxylation sites is 1. The summed E-state index contributed by atoms with van der Waals surface area (Å²) in [5.41, 5.74) is 2.88. The maximum Gasteiger partial charge on any atom is 0.246 e. The van der Waals surface area contributed by atoms with Gasteiger partial charge in [-0.25, -0.2) is 4.39 Å². The zero-order valence-electron chi connectivity index (χ0n) is 16.3. The van der Waals surface area contributed by atoms with Gasteiger partial charge < -0.3 is 14.2 Å². The summed E-state index contributed by atoms with van der Waals surface area (Å²) in [4.78, 5) is 16.7. The number of rotatable bonds is 4. The van der Waals surface area contributed by atoms with E-state index in [4.69, 9.17) is 4.42 Å². The first-order valence-electron chi connectivity index (χ1n) is 9.74. The molecule has 1 fully saturated rings. The molecule has 0 radical (unpaired) electrons. The molecule has 0 spiro atoms. The van der Waals surface area contributed by atoms with Crippen LogP contribution in [0.4, 0.5) is 10.1 Å². The van der Waals surface area contributed by atoms with Crippen molar-refractivity contribution >= 4 is 17.7 Å². The zero-order valence-corrected chi connectivity index (χ0v) is 16.3. The SMILES string of the molecule is Cc1ccccc1N1CCN(C(=O)/C=C/c2ccc(-c3ccccc3F)o2)CC1. The van der Waals surface area contributed by atoms with Gasteiger partial charge in [-0.2, -0.15) is 0 Å². The van der Waals surface area contributed by atoms with Gasteiger partial charge in [0.15, 0.2) is 0 Å². The van der Waals surface area contributed by atoms with Crippen LogP contribution in [-0.4, -0.2) is 37.0 Å². The Morgan fingerprint density at radius 1 is 0.966 bits per heavy atom. The fraction of sp³-hybridized carbons (Fsp3) is 0.208. The van der Waals surface area contributed by atoms with E-state index in [2.05, 4.69) is 24.0 Å². The van der Waals surface area contributed by atoms with Crippen molar-refractivity contribution in [3.05, 3.63) is 83.9 Å². The topological polar surface area (TPSA) is 36.7 Å². The number of carbonyl (C=O) groups excluding carboxylic acids is 1. The van der Waals surface area contributed by atoms with Crippen molar-refractivity contribution in [2.75, 3.05) is 31.1 Å². The van der Waals surface area contributed by atoms with Crippen LogP contribution in [0.25, 0.3) is 17.4 Å². The molecule has 0 bridgehead atoms. The number of hydrogen-bond donors (Lipinski definition) is 0. The van der Waals surface area contributed by atoms with Crippen LogP contribution in [0, 0.1) is 12.7 Å². The molecule has 1 saturated heterocycles. The number of nitrogens with zero attached hydrogens (tertiary/aromatic N) is 2. The Kier molecular flexibility index (Phi) is 5.47. The van der Waals surface area contributed by atoms with Gasteiger partial charge >= 0.3 is 0 Å². The second kappa shape index (κ2) is 8.35. The number of amides is 1. The van der Waals surface area contributed by atoms with Crippen LogP contribution in [0.5, 0.6) is 0 Å². The summed E-state index contributed by atoms with van der Waals surface area (Å²) in [6.07, 6.45) is 3.16. The van der Waals surface area contributed by atoms with E-state index in [1.54, 1.807) is 36.4 Å². The molecular weight excluding hydrogens is 367 g/mol. The molecule has 1 amide bonds. The lowest BCUT2D eigenvalue weighted by atomic mass is 10.1. The van der Waals surface area contributed by atoms with Gasteiger partial charge in [0.1, 0.15) is 17.3 Å². The predicted molar refractivity (Wildman–Crippen MR) is 113 cm³/mol. The Balaban J connectivity index is 1.36. The third-order valence-corrected chi connectivity index (χ3v) is 5.20. The van der Waals surface area contributed by atoms with E-state index in [-0.39, 0.29) is 11.7 Å². The molecule has 0 aliphatic carbocycles. The molecule has 0 saturated carbocycles. The van der Waals surface area contributed by atoms with Crippen molar-refractivity contribution in [2.45, 2.75) is 6.92 Å². The Hall–Kier alpha value is -3.34. The number of furan rings is 1. The van der Waals surface area contributed by atoms with Crippen molar-refractivity contribution < 1.29 is 13.6 Å². The summed E-state index contributed by atoms with van der Waals surface area (Å²) in [5.74, 6) is 0.593. The zero-order chi connectivity index (χ0) is 20.2. The highest BCUT2D eigenvalue weighted by atomic mass is 19.1. The van der Waals surface area contributed by atoms with Crippen molar-refractivity contribution in [1.29, 1.82) is 0 Å². The van der Waals surface area contributed by atoms with Crippen LogP contribution in [0.3, 0.4) is 0 Å². The molecule has 2 aromatic carbocycles. The normalized spacial score (nSPS) is 14.6.